The van der Waals surface area contributed by atoms with Crippen molar-refractivity contribution in [3.63, 3.8) is 0 Å². The maximum atomic E-state index is 12.1. The van der Waals surface area contributed by atoms with Gasteiger partial charge in [-0.25, -0.2) is 0 Å². The Morgan fingerprint density at radius 2 is 2.17 bits per heavy atom. The van der Waals surface area contributed by atoms with Crippen molar-refractivity contribution < 1.29 is 14.6 Å². The van der Waals surface area contributed by atoms with Crippen LogP contribution in [-0.4, -0.2) is 48.3 Å². The lowest BCUT2D eigenvalue weighted by molar-refractivity contribution is -0.150. The van der Waals surface area contributed by atoms with Gasteiger partial charge in [-0.05, 0) is 36.0 Å². The van der Waals surface area contributed by atoms with Gasteiger partial charge in [0, 0.05) is 13.0 Å². The van der Waals surface area contributed by atoms with Gasteiger partial charge in [0.1, 0.15) is 12.6 Å². The monoisotopic (exact) mass is 326 g/mol. The highest BCUT2D eigenvalue weighted by Gasteiger charge is 2.51. The first-order valence-corrected chi connectivity index (χ1v) is 8.31. The normalized spacial score (nSPS) is 25.8. The highest BCUT2D eigenvalue weighted by atomic mass is 16.5. The predicted octanol–water partition coefficient (Wildman–Crippen LogP) is 2.08. The number of aliphatic hydroxyl groups excluding tert-OH is 1. The summed E-state index contributed by atoms with van der Waals surface area (Å²) in [7, 11) is 1.45. The maximum absolute atomic E-state index is 12.1. The molecule has 1 N–H and O–H groups in total. The number of rotatable bonds is 5. The molecule has 1 amide bonds. The summed E-state index contributed by atoms with van der Waals surface area (Å²) in [5.41, 5.74) is 3.59. The smallest absolute Gasteiger partial charge is 0.249 e. The molecule has 0 saturated carbocycles. The molecule has 1 aromatic rings. The Balaban J connectivity index is 1.80. The number of benzene rings is 1. The Hall–Kier alpha value is -2.16. The summed E-state index contributed by atoms with van der Waals surface area (Å²) in [6.45, 7) is -0.236. The number of carbonyl (C=O) groups is 1. The Bertz CT molecular complexity index is 675. The number of hydrogen-bond donors (Lipinski definition) is 1. The number of ether oxygens (including phenoxy) is 1. The molecule has 0 aromatic heterocycles. The molecule has 5 heteroatoms. The van der Waals surface area contributed by atoms with E-state index in [2.05, 4.69) is 24.3 Å². The van der Waals surface area contributed by atoms with Crippen molar-refractivity contribution in [3.8, 4) is 6.07 Å². The van der Waals surface area contributed by atoms with Gasteiger partial charge in [-0.3, -0.25) is 4.79 Å². The average molecular weight is 326 g/mol. The second kappa shape index (κ2) is 7.16. The number of aliphatic hydroxyl groups is 1. The second-order valence-electron chi connectivity index (χ2n) is 6.33. The number of carbonyl (C=O) groups excluding carboxylic acids is 1. The Labute approximate surface area is 142 Å². The van der Waals surface area contributed by atoms with E-state index in [4.69, 9.17) is 4.74 Å². The number of likely N-dealkylation sites (tertiary alicyclic amines) is 1. The molecule has 1 saturated heterocycles. The molecule has 126 valence electrons. The van der Waals surface area contributed by atoms with Crippen LogP contribution >= 0.6 is 0 Å². The number of hydrogen-bond acceptors (Lipinski definition) is 4. The molecule has 1 fully saturated rings. The lowest BCUT2D eigenvalue weighted by Crippen LogP contribution is -2.65. The number of allylic oxidation sites excluding steroid dienone is 2. The minimum Gasteiger partial charge on any atom is -0.394 e. The summed E-state index contributed by atoms with van der Waals surface area (Å²) in [6.07, 6.45) is 5.74. The van der Waals surface area contributed by atoms with E-state index in [0.717, 1.165) is 18.4 Å². The summed E-state index contributed by atoms with van der Waals surface area (Å²) < 4.78 is 4.87. The van der Waals surface area contributed by atoms with Gasteiger partial charge in [0.05, 0.1) is 18.7 Å². The molecule has 5 nitrogen and oxygen atoms in total. The summed E-state index contributed by atoms with van der Waals surface area (Å²) >= 11 is 0. The fraction of sp³-hybridized carbons (Fsp3) is 0.474. The van der Waals surface area contributed by atoms with Crippen molar-refractivity contribution in [1.82, 2.24) is 4.90 Å². The third-order valence-electron chi connectivity index (χ3n) is 4.99. The van der Waals surface area contributed by atoms with Crippen molar-refractivity contribution in [1.29, 1.82) is 5.26 Å². The third-order valence-corrected chi connectivity index (χ3v) is 4.99. The van der Waals surface area contributed by atoms with E-state index in [1.165, 1.54) is 29.6 Å². The molecule has 2 aliphatic rings. The molecular weight excluding hydrogens is 304 g/mol. The zero-order valence-corrected chi connectivity index (χ0v) is 13.8. The first kappa shape index (κ1) is 16.7. The Morgan fingerprint density at radius 1 is 1.42 bits per heavy atom. The lowest BCUT2D eigenvalue weighted by atomic mass is 9.75. The van der Waals surface area contributed by atoms with Gasteiger partial charge in [-0.1, -0.05) is 30.3 Å². The zero-order valence-electron chi connectivity index (χ0n) is 13.8. The molecule has 1 aromatic carbocycles. The van der Waals surface area contributed by atoms with Crippen LogP contribution in [0.3, 0.4) is 0 Å². The maximum Gasteiger partial charge on any atom is 0.249 e. The summed E-state index contributed by atoms with van der Waals surface area (Å²) in [5, 5.41) is 19.2. The summed E-state index contributed by atoms with van der Waals surface area (Å²) in [6, 6.07) is 9.47. The van der Waals surface area contributed by atoms with Gasteiger partial charge >= 0.3 is 0 Å². The van der Waals surface area contributed by atoms with E-state index in [1.807, 2.05) is 12.1 Å². The highest BCUT2D eigenvalue weighted by molar-refractivity contribution is 5.80. The average Bonchev–Trinajstić information content (AvgIpc) is 3.10. The van der Waals surface area contributed by atoms with Gasteiger partial charge in [0.25, 0.3) is 0 Å². The van der Waals surface area contributed by atoms with E-state index in [0.29, 0.717) is 0 Å². The minimum absolute atomic E-state index is 0.0749. The van der Waals surface area contributed by atoms with Crippen LogP contribution in [-0.2, 0) is 9.53 Å². The topological polar surface area (TPSA) is 73.6 Å². The second-order valence-corrected chi connectivity index (χ2v) is 6.33. The van der Waals surface area contributed by atoms with Crippen LogP contribution in [0.5, 0.6) is 0 Å². The van der Waals surface area contributed by atoms with Crippen LogP contribution in [0.1, 0.15) is 36.3 Å². The molecule has 1 aliphatic carbocycles. The predicted molar refractivity (Wildman–Crippen MR) is 90.0 cm³/mol. The largest absolute Gasteiger partial charge is 0.394 e. The molecule has 0 unspecified atom stereocenters. The fourth-order valence-corrected chi connectivity index (χ4v) is 3.80. The molecule has 1 aliphatic heterocycles. The Kier molecular flexibility index (Phi) is 4.98. The van der Waals surface area contributed by atoms with Crippen LogP contribution in [0.15, 0.2) is 30.3 Å². The first-order valence-electron chi connectivity index (χ1n) is 8.31. The highest BCUT2D eigenvalue weighted by Crippen LogP contribution is 2.41. The zero-order chi connectivity index (χ0) is 17.1. The molecule has 1 heterocycles. The van der Waals surface area contributed by atoms with Crippen LogP contribution < -0.4 is 0 Å². The fourth-order valence-electron chi connectivity index (χ4n) is 3.80. The van der Waals surface area contributed by atoms with Crippen molar-refractivity contribution in [2.24, 2.45) is 0 Å². The van der Waals surface area contributed by atoms with Gasteiger partial charge < -0.3 is 14.7 Å². The first-order chi connectivity index (χ1) is 11.7. The van der Waals surface area contributed by atoms with E-state index < -0.39 is 6.04 Å². The molecule has 0 spiro atoms. The van der Waals surface area contributed by atoms with E-state index in [-0.39, 0.29) is 31.1 Å². The van der Waals surface area contributed by atoms with Gasteiger partial charge in [-0.2, -0.15) is 5.26 Å². The molecule has 3 atom stereocenters. The summed E-state index contributed by atoms with van der Waals surface area (Å²) in [4.78, 5) is 13.5. The van der Waals surface area contributed by atoms with Crippen molar-refractivity contribution >= 4 is 11.5 Å². The molecule has 0 radical (unpaired) electrons. The van der Waals surface area contributed by atoms with E-state index in [1.54, 1.807) is 0 Å². The molecule has 0 bridgehead atoms. The van der Waals surface area contributed by atoms with Gasteiger partial charge in [0.2, 0.25) is 5.91 Å². The van der Waals surface area contributed by atoms with Crippen LogP contribution in [0.25, 0.3) is 5.57 Å². The SMILES string of the molecule is COCC(=O)N1[C@H](CO)[C@H](c2ccc(C3=CCCC3)cc2)[C@@H]1C#N. The van der Waals surface area contributed by atoms with Crippen LogP contribution in [0, 0.1) is 11.3 Å². The van der Waals surface area contributed by atoms with Crippen molar-refractivity contribution in [3.05, 3.63) is 41.5 Å². The quantitative estimate of drug-likeness (QED) is 0.899. The number of methoxy groups -OCH3 is 1. The van der Waals surface area contributed by atoms with Crippen molar-refractivity contribution in [2.45, 2.75) is 37.3 Å². The van der Waals surface area contributed by atoms with Crippen LogP contribution in [0.4, 0.5) is 0 Å². The van der Waals surface area contributed by atoms with Gasteiger partial charge in [0.15, 0.2) is 0 Å². The number of amides is 1. The molecule has 3 rings (SSSR count). The Morgan fingerprint density at radius 3 is 2.71 bits per heavy atom. The number of nitrogens with zero attached hydrogens (tertiary/aromatic N) is 2. The van der Waals surface area contributed by atoms with E-state index >= 15 is 0 Å². The van der Waals surface area contributed by atoms with Crippen LogP contribution in [0.2, 0.25) is 0 Å². The lowest BCUT2D eigenvalue weighted by Gasteiger charge is -2.51. The van der Waals surface area contributed by atoms with Crippen molar-refractivity contribution in [2.75, 3.05) is 20.3 Å². The molecular formula is C19H22N2O3. The van der Waals surface area contributed by atoms with E-state index in [9.17, 15) is 15.2 Å². The molecule has 24 heavy (non-hydrogen) atoms. The third kappa shape index (κ3) is 2.83. The standard InChI is InChI=1S/C19H22N2O3/c1-24-12-18(23)21-16(10-20)19(17(21)11-22)15-8-6-14(7-9-15)13-4-2-3-5-13/h4,6-9,16-17,19,22H,2-3,5,11-12H2,1H3/t16-,17+,19+/m0/s1. The van der Waals surface area contributed by atoms with Gasteiger partial charge in [-0.15, -0.1) is 0 Å². The minimum atomic E-state index is -0.554. The summed E-state index contributed by atoms with van der Waals surface area (Å²) in [5.74, 6) is -0.417. The number of nitriles is 1.